The summed E-state index contributed by atoms with van der Waals surface area (Å²) in [6.07, 6.45) is 2.30. The third-order valence-corrected chi connectivity index (χ3v) is 12.6. The number of carbonyl (C=O) groups is 3. The van der Waals surface area contributed by atoms with Crippen molar-refractivity contribution in [3.8, 4) is 0 Å². The third-order valence-electron chi connectivity index (χ3n) is 12.6. The summed E-state index contributed by atoms with van der Waals surface area (Å²) in [7, 11) is 1.42. The first kappa shape index (κ1) is 30.8. The molecule has 0 N–H and O–H groups in total. The second-order valence-electron chi connectivity index (χ2n) is 14.5. The van der Waals surface area contributed by atoms with Crippen LogP contribution in [-0.2, 0) is 42.8 Å². The predicted octanol–water partition coefficient (Wildman–Crippen LogP) is 4.57. The Morgan fingerprint density at radius 2 is 1.81 bits per heavy atom. The first-order chi connectivity index (χ1) is 20.3. The Bertz CT molecular complexity index is 1250. The summed E-state index contributed by atoms with van der Waals surface area (Å²) in [5, 5.41) is 0. The van der Waals surface area contributed by atoms with Crippen molar-refractivity contribution in [3.63, 3.8) is 0 Å². The summed E-state index contributed by atoms with van der Waals surface area (Å²) < 4.78 is 37.3. The first-order valence-corrected chi connectivity index (χ1v) is 16.0. The van der Waals surface area contributed by atoms with E-state index in [1.165, 1.54) is 25.2 Å². The largest absolute Gasteiger partial charge is 0.469 e. The lowest BCUT2D eigenvalue weighted by molar-refractivity contribution is -0.251. The number of ether oxygens (including phenoxy) is 6. The number of rotatable bonds is 6. The number of hydrogen-bond donors (Lipinski definition) is 0. The molecule has 9 heteroatoms. The van der Waals surface area contributed by atoms with Gasteiger partial charge in [0.2, 0.25) is 0 Å². The molecule has 0 aromatic carbocycles. The Morgan fingerprint density at radius 1 is 1.07 bits per heavy atom. The molecule has 3 heterocycles. The minimum Gasteiger partial charge on any atom is -0.469 e. The maximum atomic E-state index is 13.4. The van der Waals surface area contributed by atoms with E-state index in [2.05, 4.69) is 27.7 Å². The van der Waals surface area contributed by atoms with Gasteiger partial charge in [0.05, 0.1) is 38.6 Å². The molecule has 6 rings (SSSR count). The van der Waals surface area contributed by atoms with Gasteiger partial charge in [-0.05, 0) is 56.9 Å². The van der Waals surface area contributed by atoms with Gasteiger partial charge >= 0.3 is 17.9 Å². The molecular weight excluding hydrogens is 552 g/mol. The van der Waals surface area contributed by atoms with Crippen LogP contribution in [-0.4, -0.2) is 75.4 Å². The normalized spacial score (nSPS) is 46.7. The van der Waals surface area contributed by atoms with Crippen LogP contribution in [0, 0.1) is 39.9 Å². The van der Waals surface area contributed by atoms with Crippen LogP contribution in [0.4, 0.5) is 0 Å². The van der Waals surface area contributed by atoms with Crippen LogP contribution in [0.1, 0.15) is 74.1 Å². The number of allylic oxidation sites excluding steroid dienone is 2. The minimum absolute atomic E-state index is 0.0736. The monoisotopic (exact) mass is 600 g/mol. The average molecular weight is 601 g/mol. The third kappa shape index (κ3) is 4.31. The molecule has 0 bridgehead atoms. The number of esters is 3. The van der Waals surface area contributed by atoms with Crippen molar-refractivity contribution in [1.29, 1.82) is 0 Å². The lowest BCUT2D eigenvalue weighted by atomic mass is 9.40. The van der Waals surface area contributed by atoms with E-state index in [1.54, 1.807) is 13.0 Å². The summed E-state index contributed by atoms with van der Waals surface area (Å²) in [5.41, 5.74) is 1.29. The highest BCUT2D eigenvalue weighted by atomic mass is 16.6. The molecule has 238 valence electrons. The smallest absolute Gasteiger partial charge is 0.333 e. The van der Waals surface area contributed by atoms with E-state index in [9.17, 15) is 14.4 Å². The fourth-order valence-electron chi connectivity index (χ4n) is 10.6. The van der Waals surface area contributed by atoms with E-state index in [1.807, 2.05) is 6.92 Å². The van der Waals surface area contributed by atoms with E-state index in [-0.39, 0.29) is 48.5 Å². The first-order valence-electron chi connectivity index (χ1n) is 16.0. The Labute approximate surface area is 255 Å². The van der Waals surface area contributed by atoms with Gasteiger partial charge < -0.3 is 28.4 Å². The predicted molar refractivity (Wildman–Crippen MR) is 156 cm³/mol. The highest BCUT2D eigenvalue weighted by Crippen LogP contribution is 2.74. The van der Waals surface area contributed by atoms with Gasteiger partial charge in [0.25, 0.3) is 0 Å². The van der Waals surface area contributed by atoms with Gasteiger partial charge in [-0.1, -0.05) is 32.4 Å². The lowest BCUT2D eigenvalue weighted by Gasteiger charge is -2.65. The van der Waals surface area contributed by atoms with Crippen LogP contribution in [0.5, 0.6) is 0 Å². The standard InChI is InChI=1S/C34H48O9/c1-9-17(2)31(37)43-25-14-24(41-19(4)35)32(5)16-40-28-29(32)33(25,6)23(13-26(36)38-8)34(7)27-18(3)21(20-10-11-39-15-20)12-22(27)42-30(28)34/h9,20-25,28-30H,10-16H2,1-8H3/b17-9+/t20?,21?,22-,23-,24-,25+,28?,29?,30-,32-,33+,34-/m1/s1. The number of carbonyl (C=O) groups excluding carboxylic acids is 3. The van der Waals surface area contributed by atoms with Crippen molar-refractivity contribution < 1.29 is 42.8 Å². The van der Waals surface area contributed by atoms with Crippen LogP contribution in [0.25, 0.3) is 0 Å². The molecule has 3 aliphatic heterocycles. The minimum atomic E-state index is -0.713. The molecule has 0 amide bonds. The lowest BCUT2D eigenvalue weighted by Crippen LogP contribution is -2.71. The summed E-state index contributed by atoms with van der Waals surface area (Å²) >= 11 is 0. The molecule has 2 saturated carbocycles. The second kappa shape index (κ2) is 10.7. The van der Waals surface area contributed by atoms with Crippen LogP contribution < -0.4 is 0 Å². The van der Waals surface area contributed by atoms with E-state index in [4.69, 9.17) is 28.4 Å². The second-order valence-corrected chi connectivity index (χ2v) is 14.5. The van der Waals surface area contributed by atoms with Crippen molar-refractivity contribution in [2.75, 3.05) is 26.9 Å². The molecule has 3 aliphatic carbocycles. The van der Waals surface area contributed by atoms with E-state index >= 15 is 0 Å². The molecule has 6 aliphatic rings. The van der Waals surface area contributed by atoms with Crippen molar-refractivity contribution >= 4 is 17.9 Å². The molecule has 4 unspecified atom stereocenters. The molecule has 3 saturated heterocycles. The van der Waals surface area contributed by atoms with E-state index < -0.39 is 34.4 Å². The molecule has 9 nitrogen and oxygen atoms in total. The number of fused-ring (bicyclic) bond motifs is 4. The summed E-state index contributed by atoms with van der Waals surface area (Å²) in [4.78, 5) is 39.1. The molecule has 0 radical (unpaired) electrons. The topological polar surface area (TPSA) is 107 Å². The molecular formula is C34H48O9. The Kier molecular flexibility index (Phi) is 7.65. The molecule has 5 fully saturated rings. The van der Waals surface area contributed by atoms with Gasteiger partial charge in [0, 0.05) is 54.1 Å². The van der Waals surface area contributed by atoms with Gasteiger partial charge in [0.1, 0.15) is 12.2 Å². The van der Waals surface area contributed by atoms with Crippen LogP contribution in [0.2, 0.25) is 0 Å². The maximum Gasteiger partial charge on any atom is 0.333 e. The Hall–Kier alpha value is -2.23. The van der Waals surface area contributed by atoms with Gasteiger partial charge in [-0.25, -0.2) is 4.79 Å². The van der Waals surface area contributed by atoms with Crippen molar-refractivity contribution in [1.82, 2.24) is 0 Å². The van der Waals surface area contributed by atoms with Crippen molar-refractivity contribution in [2.24, 2.45) is 39.9 Å². The fourth-order valence-corrected chi connectivity index (χ4v) is 10.6. The SMILES string of the molecule is C/C=C(\C)C(=O)O[C@H]1C[C@@H](OC(C)=O)[C@@]2(C)COC3C2[C@@]1(C)[C@@H](CC(=O)OC)[C@]1(C)C2=C(C)C(C4CCOC4)C[C@H]2O[C@H]31. The van der Waals surface area contributed by atoms with Crippen LogP contribution in [0.3, 0.4) is 0 Å². The molecule has 0 aromatic rings. The Morgan fingerprint density at radius 3 is 2.44 bits per heavy atom. The zero-order valence-corrected chi connectivity index (χ0v) is 26.9. The van der Waals surface area contributed by atoms with E-state index in [0.29, 0.717) is 30.4 Å². The Balaban J connectivity index is 1.53. The van der Waals surface area contributed by atoms with Crippen molar-refractivity contribution in [2.45, 2.75) is 105 Å². The quantitative estimate of drug-likeness (QED) is 0.188. The fraction of sp³-hybridized carbons (Fsp3) is 0.794. The summed E-state index contributed by atoms with van der Waals surface area (Å²) in [6.45, 7) is 15.7. The van der Waals surface area contributed by atoms with Gasteiger partial charge in [-0.3, -0.25) is 9.59 Å². The van der Waals surface area contributed by atoms with Gasteiger partial charge in [-0.15, -0.1) is 0 Å². The summed E-state index contributed by atoms with van der Waals surface area (Å²) in [6, 6.07) is 0. The van der Waals surface area contributed by atoms with Gasteiger partial charge in [-0.2, -0.15) is 0 Å². The highest BCUT2D eigenvalue weighted by Gasteiger charge is 2.78. The molecule has 0 spiro atoms. The van der Waals surface area contributed by atoms with E-state index in [0.717, 1.165) is 26.1 Å². The zero-order valence-electron chi connectivity index (χ0n) is 26.9. The van der Waals surface area contributed by atoms with Gasteiger partial charge in [0.15, 0.2) is 0 Å². The average Bonchev–Trinajstić information content (AvgIpc) is 3.73. The molecule has 12 atom stereocenters. The van der Waals surface area contributed by atoms with Crippen LogP contribution in [0.15, 0.2) is 22.8 Å². The highest BCUT2D eigenvalue weighted by molar-refractivity contribution is 5.87. The van der Waals surface area contributed by atoms with Crippen LogP contribution >= 0.6 is 0 Å². The maximum absolute atomic E-state index is 13.4. The number of hydrogen-bond acceptors (Lipinski definition) is 9. The summed E-state index contributed by atoms with van der Waals surface area (Å²) in [5.74, 6) is -0.751. The zero-order chi connectivity index (χ0) is 31.1. The molecule has 43 heavy (non-hydrogen) atoms. The number of methoxy groups -OCH3 is 1. The molecule has 0 aromatic heterocycles. The van der Waals surface area contributed by atoms with Crippen molar-refractivity contribution in [3.05, 3.63) is 22.8 Å².